The number of carbonyl (C=O) groups excluding carboxylic acids is 2. The topological polar surface area (TPSA) is 204 Å². The number of nitrogens with one attached hydrogen (secondary N) is 2. The van der Waals surface area contributed by atoms with Gasteiger partial charge < -0.3 is 39.7 Å². The average molecular weight is 492 g/mol. The number of aliphatic hydroxyl groups excluding tert-OH is 4. The standard InChI is InChI=1S/C22H24N2O11/c25-9-11-1-5-13(6-2-11)23-21(31)33-10-12-3-7-14(8-4-12)24-22(32)35-20-17(28)15(26)16(27)18(34-20)19(29)30/h1-8,15-18,20,25-28H,9-10H2,(H,23,31)(H,24,32)(H,29,30). The van der Waals surface area contributed by atoms with Crippen LogP contribution in [-0.2, 0) is 32.2 Å². The van der Waals surface area contributed by atoms with Crippen LogP contribution < -0.4 is 10.6 Å². The summed E-state index contributed by atoms with van der Waals surface area (Å²) in [5.41, 5.74) is 2.05. The molecule has 2 amide bonds. The second kappa shape index (κ2) is 11.6. The summed E-state index contributed by atoms with van der Waals surface area (Å²) in [6.07, 6.45) is -11.2. The van der Waals surface area contributed by atoms with Gasteiger partial charge in [-0.3, -0.25) is 10.6 Å². The maximum atomic E-state index is 12.1. The van der Waals surface area contributed by atoms with E-state index in [1.807, 2.05) is 0 Å². The highest BCUT2D eigenvalue weighted by Gasteiger charge is 2.48. The molecule has 1 aliphatic heterocycles. The lowest BCUT2D eigenvalue weighted by molar-refractivity contribution is -0.277. The Morgan fingerprint density at radius 3 is 1.89 bits per heavy atom. The Balaban J connectivity index is 1.47. The molecule has 13 heteroatoms. The second-order valence-corrected chi connectivity index (χ2v) is 7.52. The fourth-order valence-electron chi connectivity index (χ4n) is 3.08. The van der Waals surface area contributed by atoms with Crippen LogP contribution in [0.25, 0.3) is 0 Å². The zero-order chi connectivity index (χ0) is 25.5. The van der Waals surface area contributed by atoms with Gasteiger partial charge in [0.1, 0.15) is 24.9 Å². The van der Waals surface area contributed by atoms with Crippen molar-refractivity contribution in [1.29, 1.82) is 0 Å². The van der Waals surface area contributed by atoms with E-state index < -0.39 is 48.9 Å². The molecule has 0 aromatic heterocycles. The molecular weight excluding hydrogens is 468 g/mol. The molecule has 13 nitrogen and oxygen atoms in total. The highest BCUT2D eigenvalue weighted by molar-refractivity contribution is 5.85. The van der Waals surface area contributed by atoms with Gasteiger partial charge in [-0.25, -0.2) is 14.4 Å². The van der Waals surface area contributed by atoms with E-state index in [1.165, 1.54) is 12.1 Å². The summed E-state index contributed by atoms with van der Waals surface area (Å²) in [7, 11) is 0. The molecule has 0 spiro atoms. The summed E-state index contributed by atoms with van der Waals surface area (Å²) < 4.78 is 14.8. The predicted octanol–water partition coefficient (Wildman–Crippen LogP) is 0.368. The van der Waals surface area contributed by atoms with E-state index in [1.54, 1.807) is 36.4 Å². The zero-order valence-electron chi connectivity index (χ0n) is 18.1. The van der Waals surface area contributed by atoms with E-state index in [0.717, 1.165) is 0 Å². The molecule has 0 saturated carbocycles. The van der Waals surface area contributed by atoms with Crippen LogP contribution in [0.4, 0.5) is 21.0 Å². The predicted molar refractivity (Wildman–Crippen MR) is 117 cm³/mol. The highest BCUT2D eigenvalue weighted by atomic mass is 16.7. The van der Waals surface area contributed by atoms with Gasteiger partial charge >= 0.3 is 18.2 Å². The quantitative estimate of drug-likeness (QED) is 0.281. The molecule has 0 aliphatic carbocycles. The molecule has 2 aromatic carbocycles. The summed E-state index contributed by atoms with van der Waals surface area (Å²) in [6.45, 7) is -0.174. The van der Waals surface area contributed by atoms with Crippen LogP contribution in [0.3, 0.4) is 0 Å². The molecule has 5 unspecified atom stereocenters. The molecule has 188 valence electrons. The van der Waals surface area contributed by atoms with E-state index >= 15 is 0 Å². The van der Waals surface area contributed by atoms with Crippen molar-refractivity contribution in [2.24, 2.45) is 0 Å². The molecule has 1 aliphatic rings. The fourth-order valence-corrected chi connectivity index (χ4v) is 3.08. The van der Waals surface area contributed by atoms with Crippen molar-refractivity contribution < 1.29 is 54.1 Å². The zero-order valence-corrected chi connectivity index (χ0v) is 18.1. The number of rotatable bonds is 7. The van der Waals surface area contributed by atoms with Gasteiger partial charge in [-0.1, -0.05) is 24.3 Å². The van der Waals surface area contributed by atoms with Crippen LogP contribution in [0.2, 0.25) is 0 Å². The third-order valence-electron chi connectivity index (χ3n) is 4.99. The molecule has 7 N–H and O–H groups in total. The number of amides is 2. The minimum Gasteiger partial charge on any atom is -0.479 e. The summed E-state index contributed by atoms with van der Waals surface area (Å²) in [6, 6.07) is 12.6. The van der Waals surface area contributed by atoms with Crippen molar-refractivity contribution in [3.8, 4) is 0 Å². The number of carbonyl (C=O) groups is 3. The van der Waals surface area contributed by atoms with E-state index in [0.29, 0.717) is 16.8 Å². The van der Waals surface area contributed by atoms with Crippen molar-refractivity contribution >= 4 is 29.5 Å². The lowest BCUT2D eigenvalue weighted by Crippen LogP contribution is -2.60. The molecule has 5 atom stereocenters. The minimum atomic E-state index is -1.91. The van der Waals surface area contributed by atoms with Crippen molar-refractivity contribution in [2.75, 3.05) is 10.6 Å². The third kappa shape index (κ3) is 6.88. The highest BCUT2D eigenvalue weighted by Crippen LogP contribution is 2.23. The lowest BCUT2D eigenvalue weighted by Gasteiger charge is -2.37. The Labute approximate surface area is 198 Å². The van der Waals surface area contributed by atoms with Crippen LogP contribution in [-0.4, -0.2) is 74.4 Å². The van der Waals surface area contributed by atoms with Gasteiger partial charge in [-0.05, 0) is 35.4 Å². The van der Waals surface area contributed by atoms with Crippen molar-refractivity contribution in [2.45, 2.75) is 43.9 Å². The van der Waals surface area contributed by atoms with E-state index in [-0.39, 0.29) is 18.9 Å². The van der Waals surface area contributed by atoms with Gasteiger partial charge in [0.2, 0.25) is 6.29 Å². The molecule has 3 rings (SSSR count). The normalized spacial score (nSPS) is 23.7. The third-order valence-corrected chi connectivity index (χ3v) is 4.99. The smallest absolute Gasteiger partial charge is 0.414 e. The van der Waals surface area contributed by atoms with Crippen molar-refractivity contribution in [3.63, 3.8) is 0 Å². The van der Waals surface area contributed by atoms with Crippen LogP contribution in [0, 0.1) is 0 Å². The van der Waals surface area contributed by atoms with Gasteiger partial charge in [0.15, 0.2) is 6.10 Å². The largest absolute Gasteiger partial charge is 0.479 e. The number of carboxylic acid groups (broad SMARTS) is 1. The van der Waals surface area contributed by atoms with Crippen LogP contribution in [0.1, 0.15) is 11.1 Å². The number of aliphatic hydroxyl groups is 4. The van der Waals surface area contributed by atoms with Crippen LogP contribution in [0.15, 0.2) is 48.5 Å². The summed E-state index contributed by atoms with van der Waals surface area (Å²) in [5.74, 6) is -1.61. The van der Waals surface area contributed by atoms with Crippen LogP contribution in [0.5, 0.6) is 0 Å². The van der Waals surface area contributed by atoms with E-state index in [4.69, 9.17) is 24.4 Å². The van der Waals surface area contributed by atoms with Gasteiger partial charge in [0.25, 0.3) is 0 Å². The Bertz CT molecular complexity index is 1030. The van der Waals surface area contributed by atoms with Crippen LogP contribution >= 0.6 is 0 Å². The maximum Gasteiger partial charge on any atom is 0.414 e. The molecule has 1 saturated heterocycles. The number of ether oxygens (including phenoxy) is 3. The molecule has 35 heavy (non-hydrogen) atoms. The summed E-state index contributed by atoms with van der Waals surface area (Å²) in [4.78, 5) is 35.1. The van der Waals surface area contributed by atoms with Crippen molar-refractivity contribution in [1.82, 2.24) is 0 Å². The Morgan fingerprint density at radius 2 is 1.34 bits per heavy atom. The average Bonchev–Trinajstić information content (AvgIpc) is 2.84. The molecule has 0 bridgehead atoms. The monoisotopic (exact) mass is 492 g/mol. The Morgan fingerprint density at radius 1 is 0.800 bits per heavy atom. The van der Waals surface area contributed by atoms with Gasteiger partial charge in [-0.15, -0.1) is 0 Å². The first kappa shape index (κ1) is 25.9. The number of aliphatic carboxylic acids is 1. The molecule has 1 heterocycles. The number of anilines is 2. The summed E-state index contributed by atoms with van der Waals surface area (Å²) in [5, 5.41) is 52.2. The first-order valence-corrected chi connectivity index (χ1v) is 10.3. The van der Waals surface area contributed by atoms with E-state index in [2.05, 4.69) is 10.6 Å². The van der Waals surface area contributed by atoms with Gasteiger partial charge in [0, 0.05) is 11.4 Å². The SMILES string of the molecule is O=C(Nc1ccc(CO)cc1)OCc1ccc(NC(=O)OC2OC(C(=O)O)C(O)C(O)C2O)cc1. The van der Waals surface area contributed by atoms with Crippen molar-refractivity contribution in [3.05, 3.63) is 59.7 Å². The number of hydrogen-bond donors (Lipinski definition) is 7. The Kier molecular flexibility index (Phi) is 8.57. The minimum absolute atomic E-state index is 0.0653. The second-order valence-electron chi connectivity index (χ2n) is 7.52. The summed E-state index contributed by atoms with van der Waals surface area (Å²) >= 11 is 0. The maximum absolute atomic E-state index is 12.1. The number of hydrogen-bond acceptors (Lipinski definition) is 10. The molecule has 1 fully saturated rings. The van der Waals surface area contributed by atoms with E-state index in [9.17, 15) is 29.7 Å². The lowest BCUT2D eigenvalue weighted by atomic mass is 9.99. The molecule has 2 aromatic rings. The fraction of sp³-hybridized carbons (Fsp3) is 0.318. The van der Waals surface area contributed by atoms with Gasteiger partial charge in [0.05, 0.1) is 6.61 Å². The van der Waals surface area contributed by atoms with Gasteiger partial charge in [-0.2, -0.15) is 0 Å². The molecular formula is C22H24N2O11. The number of benzene rings is 2. The first-order chi connectivity index (χ1) is 16.7. The molecule has 0 radical (unpaired) electrons. The number of carboxylic acids is 1. The Hall–Kier alpha value is -3.75. The first-order valence-electron chi connectivity index (χ1n) is 10.3.